The molecule has 0 N–H and O–H groups in total. The maximum atomic E-state index is 13.2. The van der Waals surface area contributed by atoms with Gasteiger partial charge in [-0.05, 0) is 48.7 Å². The van der Waals surface area contributed by atoms with Crippen molar-refractivity contribution < 1.29 is 18.7 Å². The van der Waals surface area contributed by atoms with Crippen molar-refractivity contribution in [2.24, 2.45) is 0 Å². The molecule has 3 heterocycles. The number of rotatable bonds is 6. The second kappa shape index (κ2) is 9.34. The number of piperazine rings is 1. The zero-order valence-corrected chi connectivity index (χ0v) is 18.1. The Morgan fingerprint density at radius 1 is 1.10 bits per heavy atom. The van der Waals surface area contributed by atoms with Gasteiger partial charge in [-0.2, -0.15) is 0 Å². The molecule has 1 aliphatic heterocycles. The third kappa shape index (κ3) is 4.80. The Labute approximate surface area is 184 Å². The van der Waals surface area contributed by atoms with Gasteiger partial charge in [-0.15, -0.1) is 11.3 Å². The van der Waals surface area contributed by atoms with Crippen LogP contribution in [0, 0.1) is 5.82 Å². The lowest BCUT2D eigenvalue weighted by Crippen LogP contribution is -2.49. The van der Waals surface area contributed by atoms with Crippen molar-refractivity contribution >= 4 is 28.9 Å². The van der Waals surface area contributed by atoms with Crippen LogP contribution >= 0.6 is 11.3 Å². The minimum absolute atomic E-state index is 0.0439. The van der Waals surface area contributed by atoms with Gasteiger partial charge in [0.2, 0.25) is 5.91 Å². The third-order valence-corrected chi connectivity index (χ3v) is 6.24. The minimum atomic E-state index is -0.431. The summed E-state index contributed by atoms with van der Waals surface area (Å²) in [6.45, 7) is 4.61. The van der Waals surface area contributed by atoms with E-state index in [0.717, 1.165) is 16.1 Å². The van der Waals surface area contributed by atoms with E-state index >= 15 is 0 Å². The van der Waals surface area contributed by atoms with E-state index in [1.54, 1.807) is 45.9 Å². The molecule has 2 aromatic heterocycles. The molecular weight excluding hydrogens is 417 g/mol. The summed E-state index contributed by atoms with van der Waals surface area (Å²) in [5.41, 5.74) is 2.22. The highest BCUT2D eigenvalue weighted by Crippen LogP contribution is 2.27. The van der Waals surface area contributed by atoms with E-state index < -0.39 is 5.97 Å². The summed E-state index contributed by atoms with van der Waals surface area (Å²) in [4.78, 5) is 30.4. The molecule has 1 amide bonds. The van der Waals surface area contributed by atoms with E-state index in [4.69, 9.17) is 4.74 Å². The lowest BCUT2D eigenvalue weighted by Gasteiger charge is -2.36. The molecule has 0 radical (unpaired) electrons. The number of halogens is 1. The largest absolute Gasteiger partial charge is 0.461 e. The molecule has 0 spiro atoms. The summed E-state index contributed by atoms with van der Waals surface area (Å²) < 4.78 is 20.0. The average Bonchev–Trinajstić information content (AvgIpc) is 3.45. The van der Waals surface area contributed by atoms with Crippen LogP contribution in [0.15, 0.2) is 54.0 Å². The zero-order chi connectivity index (χ0) is 21.8. The molecule has 1 fully saturated rings. The van der Waals surface area contributed by atoms with Crippen LogP contribution in [0.5, 0.6) is 0 Å². The Morgan fingerprint density at radius 2 is 1.84 bits per heavy atom. The fourth-order valence-electron chi connectivity index (χ4n) is 3.71. The van der Waals surface area contributed by atoms with Crippen molar-refractivity contribution in [2.45, 2.75) is 13.5 Å². The summed E-state index contributed by atoms with van der Waals surface area (Å²) >= 11 is 1.58. The molecule has 4 rings (SSSR count). The Hall–Kier alpha value is -3.13. The Balaban J connectivity index is 1.44. The lowest BCUT2D eigenvalue weighted by molar-refractivity contribution is -0.132. The van der Waals surface area contributed by atoms with Crippen LogP contribution in [0.3, 0.4) is 0 Å². The van der Waals surface area contributed by atoms with E-state index in [2.05, 4.69) is 4.90 Å². The maximum absolute atomic E-state index is 13.2. The lowest BCUT2D eigenvalue weighted by atomic mass is 10.2. The van der Waals surface area contributed by atoms with Crippen molar-refractivity contribution in [3.8, 4) is 10.4 Å². The molecule has 0 atom stereocenters. The smallest absolute Gasteiger partial charge is 0.354 e. The number of nitrogens with zero attached hydrogens (tertiary/aromatic N) is 3. The first-order chi connectivity index (χ1) is 15.0. The van der Waals surface area contributed by atoms with E-state index in [-0.39, 0.29) is 24.9 Å². The molecule has 6 nitrogen and oxygen atoms in total. The number of aromatic nitrogens is 1. The molecule has 31 heavy (non-hydrogen) atoms. The number of hydrogen-bond acceptors (Lipinski definition) is 5. The van der Waals surface area contributed by atoms with Gasteiger partial charge >= 0.3 is 5.97 Å². The van der Waals surface area contributed by atoms with Crippen molar-refractivity contribution in [1.29, 1.82) is 0 Å². The first-order valence-corrected chi connectivity index (χ1v) is 11.1. The van der Waals surface area contributed by atoms with Crippen molar-refractivity contribution in [1.82, 2.24) is 9.47 Å². The Morgan fingerprint density at radius 3 is 2.48 bits per heavy atom. The minimum Gasteiger partial charge on any atom is -0.461 e. The van der Waals surface area contributed by atoms with E-state index in [0.29, 0.717) is 31.9 Å². The molecule has 3 aromatic rings. The predicted molar refractivity (Wildman–Crippen MR) is 119 cm³/mol. The van der Waals surface area contributed by atoms with Crippen LogP contribution < -0.4 is 4.90 Å². The Kier molecular flexibility index (Phi) is 6.36. The molecule has 1 aromatic carbocycles. The maximum Gasteiger partial charge on any atom is 0.354 e. The van der Waals surface area contributed by atoms with Crippen LogP contribution in [0.1, 0.15) is 17.4 Å². The molecule has 1 saturated heterocycles. The quantitative estimate of drug-likeness (QED) is 0.545. The first kappa shape index (κ1) is 21.1. The molecule has 1 aliphatic rings. The van der Waals surface area contributed by atoms with Crippen LogP contribution in [-0.2, 0) is 16.1 Å². The van der Waals surface area contributed by atoms with Crippen molar-refractivity contribution in [3.05, 3.63) is 65.6 Å². The highest BCUT2D eigenvalue weighted by Gasteiger charge is 2.24. The summed E-state index contributed by atoms with van der Waals surface area (Å²) in [5, 5.41) is 1.97. The number of benzene rings is 1. The summed E-state index contributed by atoms with van der Waals surface area (Å²) in [6.07, 6.45) is 1.84. The third-order valence-electron chi connectivity index (χ3n) is 5.32. The molecular formula is C23H24FN3O3S. The van der Waals surface area contributed by atoms with E-state index in [1.807, 2.05) is 23.7 Å². The van der Waals surface area contributed by atoms with Gasteiger partial charge in [-0.1, -0.05) is 6.07 Å². The monoisotopic (exact) mass is 441 g/mol. The van der Waals surface area contributed by atoms with Gasteiger partial charge < -0.3 is 19.1 Å². The van der Waals surface area contributed by atoms with E-state index in [1.165, 1.54) is 12.1 Å². The molecule has 8 heteroatoms. The number of thiophene rings is 1. The average molecular weight is 442 g/mol. The standard InChI is InChI=1S/C23H24FN3O3S/c1-2-30-23(29)20-14-17(21-4-3-13-31-21)15-27(20)16-22(28)26-11-9-25(10-12-26)19-7-5-18(24)6-8-19/h3-8,13-15H,2,9-12,16H2,1H3. The van der Waals surface area contributed by atoms with Crippen molar-refractivity contribution in [3.63, 3.8) is 0 Å². The molecule has 162 valence electrons. The zero-order valence-electron chi connectivity index (χ0n) is 17.3. The van der Waals surface area contributed by atoms with Crippen LogP contribution in [0.4, 0.5) is 10.1 Å². The summed E-state index contributed by atoms with van der Waals surface area (Å²) in [6, 6.07) is 12.1. The number of hydrogen-bond donors (Lipinski definition) is 0. The van der Waals surface area contributed by atoms with Crippen LogP contribution in [-0.4, -0.2) is 54.1 Å². The topological polar surface area (TPSA) is 54.8 Å². The molecule has 0 saturated carbocycles. The first-order valence-electron chi connectivity index (χ1n) is 10.2. The molecule has 0 bridgehead atoms. The molecule has 0 aliphatic carbocycles. The predicted octanol–water partition coefficient (Wildman–Crippen LogP) is 3.88. The number of anilines is 1. The summed E-state index contributed by atoms with van der Waals surface area (Å²) in [5.74, 6) is -0.736. The van der Waals surface area contributed by atoms with Gasteiger partial charge in [0.15, 0.2) is 0 Å². The number of carbonyl (C=O) groups excluding carboxylic acids is 2. The van der Waals surface area contributed by atoms with Gasteiger partial charge in [0.05, 0.1) is 6.61 Å². The van der Waals surface area contributed by atoms with Gasteiger partial charge in [-0.3, -0.25) is 4.79 Å². The number of ether oxygens (including phenoxy) is 1. The second-order valence-electron chi connectivity index (χ2n) is 7.28. The Bertz CT molecular complexity index is 1040. The SMILES string of the molecule is CCOC(=O)c1cc(-c2cccs2)cn1CC(=O)N1CCN(c2ccc(F)cc2)CC1. The normalized spacial score (nSPS) is 14.0. The van der Waals surface area contributed by atoms with Crippen molar-refractivity contribution in [2.75, 3.05) is 37.7 Å². The van der Waals surface area contributed by atoms with Gasteiger partial charge in [0.1, 0.15) is 18.1 Å². The summed E-state index contributed by atoms with van der Waals surface area (Å²) in [7, 11) is 0. The highest BCUT2D eigenvalue weighted by molar-refractivity contribution is 7.13. The van der Waals surface area contributed by atoms with Gasteiger partial charge in [-0.25, -0.2) is 9.18 Å². The fraction of sp³-hybridized carbons (Fsp3) is 0.304. The van der Waals surface area contributed by atoms with Crippen LogP contribution in [0.2, 0.25) is 0 Å². The number of amides is 1. The van der Waals surface area contributed by atoms with Gasteiger partial charge in [0.25, 0.3) is 0 Å². The van der Waals surface area contributed by atoms with Gasteiger partial charge in [0, 0.05) is 48.5 Å². The van der Waals surface area contributed by atoms with Crippen LogP contribution in [0.25, 0.3) is 10.4 Å². The second-order valence-corrected chi connectivity index (χ2v) is 8.23. The molecule has 0 unspecified atom stereocenters. The van der Waals surface area contributed by atoms with E-state index in [9.17, 15) is 14.0 Å². The fourth-order valence-corrected chi connectivity index (χ4v) is 4.41. The highest BCUT2D eigenvalue weighted by atomic mass is 32.1. The number of esters is 1. The number of carbonyl (C=O) groups is 2.